The first-order valence-corrected chi connectivity index (χ1v) is 11.8. The summed E-state index contributed by atoms with van der Waals surface area (Å²) in [5.74, 6) is -1.48. The zero-order chi connectivity index (χ0) is 21.9. The van der Waals surface area contributed by atoms with Gasteiger partial charge in [-0.15, -0.1) is 11.3 Å². The average molecular weight is 465 g/mol. The molecule has 0 aliphatic carbocycles. The van der Waals surface area contributed by atoms with Gasteiger partial charge in [0.15, 0.2) is 21.1 Å². The van der Waals surface area contributed by atoms with Crippen LogP contribution in [-0.4, -0.2) is 37.6 Å². The van der Waals surface area contributed by atoms with Gasteiger partial charge in [-0.1, -0.05) is 41.9 Å². The molecule has 1 amide bonds. The van der Waals surface area contributed by atoms with Gasteiger partial charge in [-0.3, -0.25) is 10.1 Å². The summed E-state index contributed by atoms with van der Waals surface area (Å²) in [4.78, 5) is 29.1. The van der Waals surface area contributed by atoms with Gasteiger partial charge in [0.05, 0.1) is 21.2 Å². The van der Waals surface area contributed by atoms with Crippen LogP contribution in [0.3, 0.4) is 0 Å². The molecule has 0 aliphatic rings. The zero-order valence-corrected chi connectivity index (χ0v) is 18.3. The lowest BCUT2D eigenvalue weighted by molar-refractivity contribution is -0.123. The molecule has 7 nitrogen and oxygen atoms in total. The molecule has 156 valence electrons. The number of halogens is 1. The van der Waals surface area contributed by atoms with Crippen molar-refractivity contribution in [3.05, 3.63) is 64.5 Å². The first-order valence-electron chi connectivity index (χ1n) is 8.67. The molecule has 1 heterocycles. The maximum atomic E-state index is 12.4. The Bertz CT molecular complexity index is 1190. The number of rotatable bonds is 6. The van der Waals surface area contributed by atoms with Crippen molar-refractivity contribution in [2.75, 3.05) is 11.6 Å². The number of nitrogens with one attached hydrogen (secondary N) is 1. The Morgan fingerprint density at radius 3 is 2.53 bits per heavy atom. The largest absolute Gasteiger partial charge is 0.449 e. The molecule has 0 fully saturated rings. The van der Waals surface area contributed by atoms with Crippen molar-refractivity contribution in [2.45, 2.75) is 17.9 Å². The number of thiazole rings is 1. The minimum absolute atomic E-state index is 0.0208. The third kappa shape index (κ3) is 5.24. The fourth-order valence-electron chi connectivity index (χ4n) is 2.45. The number of hydrogen-bond acceptors (Lipinski definition) is 7. The maximum Gasteiger partial charge on any atom is 0.340 e. The molecule has 1 atom stereocenters. The van der Waals surface area contributed by atoms with Crippen LogP contribution >= 0.6 is 22.9 Å². The van der Waals surface area contributed by atoms with Crippen molar-refractivity contribution >= 4 is 49.8 Å². The summed E-state index contributed by atoms with van der Waals surface area (Å²) < 4.78 is 28.5. The van der Waals surface area contributed by atoms with E-state index in [-0.39, 0.29) is 15.5 Å². The van der Waals surface area contributed by atoms with Gasteiger partial charge in [-0.2, -0.15) is 0 Å². The minimum Gasteiger partial charge on any atom is -0.449 e. The number of hydrogen-bond donors (Lipinski definition) is 1. The second kappa shape index (κ2) is 8.95. The van der Waals surface area contributed by atoms with Crippen molar-refractivity contribution in [3.63, 3.8) is 0 Å². The number of benzene rings is 2. The monoisotopic (exact) mass is 464 g/mol. The predicted octanol–water partition coefficient (Wildman–Crippen LogP) is 4.05. The number of esters is 1. The van der Waals surface area contributed by atoms with E-state index in [0.717, 1.165) is 17.9 Å². The summed E-state index contributed by atoms with van der Waals surface area (Å²) in [6.07, 6.45) is -0.140. The Balaban J connectivity index is 1.68. The fourth-order valence-corrected chi connectivity index (χ4v) is 4.01. The van der Waals surface area contributed by atoms with Crippen LogP contribution in [-0.2, 0) is 19.4 Å². The molecule has 1 N–H and O–H groups in total. The molecule has 0 spiro atoms. The molecule has 30 heavy (non-hydrogen) atoms. The fraction of sp³-hybridized carbons (Fsp3) is 0.150. The molecule has 1 aromatic heterocycles. The molecular weight excluding hydrogens is 448 g/mol. The van der Waals surface area contributed by atoms with Gasteiger partial charge in [0.1, 0.15) is 0 Å². The molecule has 3 aromatic rings. The first-order chi connectivity index (χ1) is 14.1. The number of nitrogens with zero attached hydrogens (tertiary/aromatic N) is 1. The molecule has 0 aliphatic heterocycles. The van der Waals surface area contributed by atoms with E-state index in [4.69, 9.17) is 16.3 Å². The molecule has 10 heteroatoms. The number of ether oxygens (including phenoxy) is 1. The second-order valence-electron chi connectivity index (χ2n) is 6.35. The predicted molar refractivity (Wildman–Crippen MR) is 116 cm³/mol. The van der Waals surface area contributed by atoms with Gasteiger partial charge in [0.2, 0.25) is 0 Å². The van der Waals surface area contributed by atoms with E-state index in [2.05, 4.69) is 10.3 Å². The zero-order valence-electron chi connectivity index (χ0n) is 16.0. The Kier molecular flexibility index (Phi) is 6.55. The van der Waals surface area contributed by atoms with Gasteiger partial charge in [-0.25, -0.2) is 18.2 Å². The second-order valence-corrected chi connectivity index (χ2v) is 9.64. The number of amides is 1. The Morgan fingerprint density at radius 1 is 1.17 bits per heavy atom. The number of sulfone groups is 1. The van der Waals surface area contributed by atoms with E-state index in [9.17, 15) is 18.0 Å². The average Bonchev–Trinajstić information content (AvgIpc) is 3.16. The van der Waals surface area contributed by atoms with E-state index in [0.29, 0.717) is 10.8 Å². The van der Waals surface area contributed by atoms with Crippen molar-refractivity contribution in [2.24, 2.45) is 0 Å². The lowest BCUT2D eigenvalue weighted by atomic mass is 10.2. The van der Waals surface area contributed by atoms with Crippen LogP contribution in [0.1, 0.15) is 17.3 Å². The maximum absolute atomic E-state index is 12.4. The van der Waals surface area contributed by atoms with Crippen LogP contribution in [0.25, 0.3) is 11.3 Å². The number of carbonyl (C=O) groups is 2. The summed E-state index contributed by atoms with van der Waals surface area (Å²) in [5, 5.41) is 4.79. The molecule has 0 radical (unpaired) electrons. The van der Waals surface area contributed by atoms with Crippen molar-refractivity contribution in [1.82, 2.24) is 4.98 Å². The van der Waals surface area contributed by atoms with Gasteiger partial charge in [0, 0.05) is 17.2 Å². The van der Waals surface area contributed by atoms with E-state index in [1.54, 1.807) is 5.38 Å². The molecular formula is C20H17ClN2O5S2. The SMILES string of the molecule is C[C@H](OC(=O)c1cc(S(C)(=O)=O)ccc1Cl)C(=O)Nc1nc(-c2ccccc2)cs1. The summed E-state index contributed by atoms with van der Waals surface area (Å²) >= 11 is 7.23. The van der Waals surface area contributed by atoms with E-state index in [1.165, 1.54) is 30.4 Å². The Hall–Kier alpha value is -2.75. The third-order valence-electron chi connectivity index (χ3n) is 4.04. The third-order valence-corrected chi connectivity index (χ3v) is 6.24. The summed E-state index contributed by atoms with van der Waals surface area (Å²) in [6.45, 7) is 1.40. The lowest BCUT2D eigenvalue weighted by Gasteiger charge is -2.13. The van der Waals surface area contributed by atoms with Crippen LogP contribution in [0.5, 0.6) is 0 Å². The van der Waals surface area contributed by atoms with Crippen LogP contribution in [0, 0.1) is 0 Å². The van der Waals surface area contributed by atoms with Crippen LogP contribution in [0.2, 0.25) is 5.02 Å². The van der Waals surface area contributed by atoms with Crippen molar-refractivity contribution in [1.29, 1.82) is 0 Å². The highest BCUT2D eigenvalue weighted by molar-refractivity contribution is 7.90. The van der Waals surface area contributed by atoms with E-state index in [1.807, 2.05) is 30.3 Å². The van der Waals surface area contributed by atoms with Gasteiger partial charge in [-0.05, 0) is 25.1 Å². The van der Waals surface area contributed by atoms with Gasteiger partial charge < -0.3 is 4.74 Å². The summed E-state index contributed by atoms with van der Waals surface area (Å²) in [7, 11) is -3.53. The number of carbonyl (C=O) groups excluding carboxylic acids is 2. The lowest BCUT2D eigenvalue weighted by Crippen LogP contribution is -2.30. The quantitative estimate of drug-likeness (QED) is 0.552. The topological polar surface area (TPSA) is 102 Å². The summed E-state index contributed by atoms with van der Waals surface area (Å²) in [5.41, 5.74) is 1.49. The molecule has 0 saturated heterocycles. The first kappa shape index (κ1) is 21.9. The number of anilines is 1. The van der Waals surface area contributed by atoms with Gasteiger partial charge >= 0.3 is 5.97 Å². The van der Waals surface area contributed by atoms with E-state index < -0.39 is 27.8 Å². The molecule has 0 saturated carbocycles. The highest BCUT2D eigenvalue weighted by Gasteiger charge is 2.23. The van der Waals surface area contributed by atoms with E-state index >= 15 is 0 Å². The normalized spacial score (nSPS) is 12.2. The van der Waals surface area contributed by atoms with Crippen LogP contribution < -0.4 is 5.32 Å². The molecule has 0 bridgehead atoms. The Labute approximate surface area is 182 Å². The minimum atomic E-state index is -3.53. The molecule has 2 aromatic carbocycles. The molecule has 3 rings (SSSR count). The van der Waals surface area contributed by atoms with Crippen molar-refractivity contribution in [3.8, 4) is 11.3 Å². The van der Waals surface area contributed by atoms with Crippen LogP contribution in [0.4, 0.5) is 5.13 Å². The Morgan fingerprint density at radius 2 is 1.87 bits per heavy atom. The highest BCUT2D eigenvalue weighted by atomic mass is 35.5. The van der Waals surface area contributed by atoms with Crippen molar-refractivity contribution < 1.29 is 22.7 Å². The van der Waals surface area contributed by atoms with Crippen LogP contribution in [0.15, 0.2) is 58.8 Å². The highest BCUT2D eigenvalue weighted by Crippen LogP contribution is 2.25. The van der Waals surface area contributed by atoms with Gasteiger partial charge in [0.25, 0.3) is 5.91 Å². The number of aromatic nitrogens is 1. The molecule has 0 unspecified atom stereocenters. The smallest absolute Gasteiger partial charge is 0.340 e. The summed E-state index contributed by atoms with van der Waals surface area (Å²) in [6, 6.07) is 13.2. The standard InChI is InChI=1S/C20H17ClN2O5S2/c1-12(28-19(25)15-10-14(30(2,26)27)8-9-16(15)21)18(24)23-20-22-17(11-29-20)13-6-4-3-5-7-13/h3-12H,1-2H3,(H,22,23,24)/t12-/m0/s1.